The van der Waals surface area contributed by atoms with Crippen LogP contribution in [0.1, 0.15) is 16.7 Å². The van der Waals surface area contributed by atoms with E-state index in [9.17, 15) is 0 Å². The maximum atomic E-state index is 5.22. The molecule has 0 atom stereocenters. The molecule has 64 valence electrons. The molecule has 0 N–H and O–H groups in total. The predicted octanol–water partition coefficient (Wildman–Crippen LogP) is 2.96. The molecule has 1 aromatic carbocycles. The molecule has 0 bridgehead atoms. The number of hydrogen-bond acceptors (Lipinski definition) is 1. The molecule has 0 aliphatic carbocycles. The van der Waals surface area contributed by atoms with Crippen molar-refractivity contribution in [3.05, 3.63) is 35.4 Å². The van der Waals surface area contributed by atoms with Gasteiger partial charge in [0.05, 0.1) is 7.11 Å². The summed E-state index contributed by atoms with van der Waals surface area (Å²) in [7, 11) is 1.69. The highest BCUT2D eigenvalue weighted by molar-refractivity contribution is 5.54. The van der Waals surface area contributed by atoms with Gasteiger partial charge in [-0.3, -0.25) is 0 Å². The fraction of sp³-hybridized carbons (Fsp3) is 0.273. The zero-order chi connectivity index (χ0) is 9.14. The molecule has 0 saturated heterocycles. The van der Waals surface area contributed by atoms with Gasteiger partial charge in [-0.05, 0) is 36.6 Å². The van der Waals surface area contributed by atoms with Crippen molar-refractivity contribution in [1.82, 2.24) is 0 Å². The molecule has 0 aliphatic heterocycles. The third kappa shape index (κ3) is 1.50. The number of hydrogen-bond donors (Lipinski definition) is 0. The molecule has 0 aromatic heterocycles. The van der Waals surface area contributed by atoms with Crippen molar-refractivity contribution in [3.8, 4) is 5.75 Å². The van der Waals surface area contributed by atoms with Crippen LogP contribution in [0.15, 0.2) is 18.7 Å². The van der Waals surface area contributed by atoms with E-state index in [4.69, 9.17) is 4.74 Å². The topological polar surface area (TPSA) is 9.23 Å². The van der Waals surface area contributed by atoms with Crippen LogP contribution in [0, 0.1) is 13.8 Å². The summed E-state index contributed by atoms with van der Waals surface area (Å²) < 4.78 is 5.22. The summed E-state index contributed by atoms with van der Waals surface area (Å²) in [6, 6.07) is 4.10. The molecule has 0 radical (unpaired) electrons. The van der Waals surface area contributed by atoms with Crippen LogP contribution in [0.3, 0.4) is 0 Å². The molecule has 0 amide bonds. The van der Waals surface area contributed by atoms with E-state index in [2.05, 4.69) is 26.5 Å². The largest absolute Gasteiger partial charge is 0.496 e. The molecule has 0 aliphatic rings. The Morgan fingerprint density at radius 2 is 2.00 bits per heavy atom. The van der Waals surface area contributed by atoms with Gasteiger partial charge in [0.25, 0.3) is 0 Å². The minimum Gasteiger partial charge on any atom is -0.496 e. The zero-order valence-corrected chi connectivity index (χ0v) is 7.85. The molecule has 12 heavy (non-hydrogen) atoms. The predicted molar refractivity (Wildman–Crippen MR) is 52.6 cm³/mol. The summed E-state index contributed by atoms with van der Waals surface area (Å²) >= 11 is 0. The highest BCUT2D eigenvalue weighted by Gasteiger charge is 2.01. The molecular weight excluding hydrogens is 148 g/mol. The Hall–Kier alpha value is -1.24. The van der Waals surface area contributed by atoms with Crippen molar-refractivity contribution in [2.45, 2.75) is 13.8 Å². The summed E-state index contributed by atoms with van der Waals surface area (Å²) in [5, 5.41) is 0. The Morgan fingerprint density at radius 1 is 1.33 bits per heavy atom. The van der Waals surface area contributed by atoms with Crippen molar-refractivity contribution < 1.29 is 4.74 Å². The van der Waals surface area contributed by atoms with E-state index < -0.39 is 0 Å². The maximum absolute atomic E-state index is 5.22. The lowest BCUT2D eigenvalue weighted by Gasteiger charge is -2.08. The monoisotopic (exact) mass is 162 g/mol. The second-order valence-electron chi connectivity index (χ2n) is 2.87. The lowest BCUT2D eigenvalue weighted by molar-refractivity contribution is 0.411. The van der Waals surface area contributed by atoms with Gasteiger partial charge in [0.1, 0.15) is 5.75 Å². The first kappa shape index (κ1) is 8.85. The van der Waals surface area contributed by atoms with E-state index in [1.807, 2.05) is 12.1 Å². The van der Waals surface area contributed by atoms with Crippen LogP contribution >= 0.6 is 0 Å². The van der Waals surface area contributed by atoms with Gasteiger partial charge in [0.2, 0.25) is 0 Å². The smallest absolute Gasteiger partial charge is 0.122 e. The van der Waals surface area contributed by atoms with Gasteiger partial charge < -0.3 is 4.74 Å². The van der Waals surface area contributed by atoms with E-state index in [-0.39, 0.29) is 0 Å². The summed E-state index contributed by atoms with van der Waals surface area (Å²) in [6.45, 7) is 7.85. The van der Waals surface area contributed by atoms with Crippen LogP contribution in [-0.4, -0.2) is 7.11 Å². The van der Waals surface area contributed by atoms with Gasteiger partial charge >= 0.3 is 0 Å². The molecular formula is C11H14O. The summed E-state index contributed by atoms with van der Waals surface area (Å²) in [5.41, 5.74) is 3.54. The van der Waals surface area contributed by atoms with E-state index >= 15 is 0 Å². The first-order valence-electron chi connectivity index (χ1n) is 3.96. The third-order valence-electron chi connectivity index (χ3n) is 2.10. The molecule has 1 aromatic rings. The van der Waals surface area contributed by atoms with Crippen molar-refractivity contribution in [3.63, 3.8) is 0 Å². The van der Waals surface area contributed by atoms with Gasteiger partial charge in [-0.1, -0.05) is 18.7 Å². The standard InChI is InChI=1S/C11H14O/c1-5-10-6-8(2)9(3)11(7-10)12-4/h5-7H,1H2,2-4H3. The number of methoxy groups -OCH3 is 1. The van der Waals surface area contributed by atoms with Crippen molar-refractivity contribution >= 4 is 6.08 Å². The Labute approximate surface area is 73.7 Å². The molecule has 0 saturated carbocycles. The Bertz CT molecular complexity index is 300. The minimum atomic E-state index is 0.935. The van der Waals surface area contributed by atoms with E-state index in [0.717, 1.165) is 11.3 Å². The highest BCUT2D eigenvalue weighted by Crippen LogP contribution is 2.23. The third-order valence-corrected chi connectivity index (χ3v) is 2.10. The first-order valence-corrected chi connectivity index (χ1v) is 3.96. The van der Waals surface area contributed by atoms with Gasteiger partial charge in [0.15, 0.2) is 0 Å². The average molecular weight is 162 g/mol. The number of ether oxygens (including phenoxy) is 1. The highest BCUT2D eigenvalue weighted by atomic mass is 16.5. The summed E-state index contributed by atoms with van der Waals surface area (Å²) in [5.74, 6) is 0.935. The number of benzene rings is 1. The Morgan fingerprint density at radius 3 is 2.50 bits per heavy atom. The number of rotatable bonds is 2. The first-order chi connectivity index (χ1) is 5.69. The molecule has 0 fully saturated rings. The molecule has 0 heterocycles. The molecule has 0 spiro atoms. The normalized spacial score (nSPS) is 9.58. The van der Waals surface area contributed by atoms with Crippen LogP contribution in [0.4, 0.5) is 0 Å². The van der Waals surface area contributed by atoms with Gasteiger partial charge in [-0.2, -0.15) is 0 Å². The van der Waals surface area contributed by atoms with E-state index in [1.54, 1.807) is 7.11 Å². The average Bonchev–Trinajstić information content (AvgIpc) is 2.09. The Kier molecular flexibility index (Phi) is 2.54. The summed E-state index contributed by atoms with van der Waals surface area (Å²) in [6.07, 6.45) is 1.83. The zero-order valence-electron chi connectivity index (χ0n) is 7.85. The van der Waals surface area contributed by atoms with Gasteiger partial charge in [-0.15, -0.1) is 0 Å². The fourth-order valence-electron chi connectivity index (χ4n) is 1.18. The molecule has 0 unspecified atom stereocenters. The van der Waals surface area contributed by atoms with Crippen LogP contribution in [0.25, 0.3) is 6.08 Å². The second kappa shape index (κ2) is 3.44. The molecule has 1 rings (SSSR count). The molecule has 1 heteroatoms. The van der Waals surface area contributed by atoms with Crippen molar-refractivity contribution in [2.24, 2.45) is 0 Å². The van der Waals surface area contributed by atoms with Crippen molar-refractivity contribution in [1.29, 1.82) is 0 Å². The molecule has 1 nitrogen and oxygen atoms in total. The van der Waals surface area contributed by atoms with Crippen LogP contribution in [-0.2, 0) is 0 Å². The number of aryl methyl sites for hydroxylation is 1. The quantitative estimate of drug-likeness (QED) is 0.649. The van der Waals surface area contributed by atoms with Gasteiger partial charge in [-0.25, -0.2) is 0 Å². The summed E-state index contributed by atoms with van der Waals surface area (Å²) in [4.78, 5) is 0. The maximum Gasteiger partial charge on any atom is 0.122 e. The lowest BCUT2D eigenvalue weighted by atomic mass is 10.1. The van der Waals surface area contributed by atoms with Crippen LogP contribution < -0.4 is 4.74 Å². The second-order valence-corrected chi connectivity index (χ2v) is 2.87. The fourth-order valence-corrected chi connectivity index (χ4v) is 1.18. The van der Waals surface area contributed by atoms with Crippen LogP contribution in [0.5, 0.6) is 5.75 Å². The van der Waals surface area contributed by atoms with Crippen molar-refractivity contribution in [2.75, 3.05) is 7.11 Å². The lowest BCUT2D eigenvalue weighted by Crippen LogP contribution is -1.90. The van der Waals surface area contributed by atoms with Crippen LogP contribution in [0.2, 0.25) is 0 Å². The minimum absolute atomic E-state index is 0.935. The van der Waals surface area contributed by atoms with E-state index in [0.29, 0.717) is 0 Å². The van der Waals surface area contributed by atoms with Gasteiger partial charge in [0, 0.05) is 0 Å². The SMILES string of the molecule is C=Cc1cc(C)c(C)c(OC)c1. The van der Waals surface area contributed by atoms with E-state index in [1.165, 1.54) is 11.1 Å². The Balaban J connectivity index is 3.28.